The largest absolute Gasteiger partial charge is 0.341 e. The summed E-state index contributed by atoms with van der Waals surface area (Å²) in [5, 5.41) is 8.08. The molecule has 140 valence electrons. The third-order valence-electron chi connectivity index (χ3n) is 5.67. The van der Waals surface area contributed by atoms with Crippen LogP contribution in [-0.4, -0.2) is 56.3 Å². The molecule has 0 radical (unpaired) electrons. The Balaban J connectivity index is 1.25. The molecule has 7 nitrogen and oxygen atoms in total. The van der Waals surface area contributed by atoms with Crippen molar-refractivity contribution in [2.45, 2.75) is 44.7 Å². The van der Waals surface area contributed by atoms with Gasteiger partial charge in [0.15, 0.2) is 0 Å². The van der Waals surface area contributed by atoms with Crippen molar-refractivity contribution >= 4 is 5.91 Å². The monoisotopic (exact) mass is 356 g/mol. The summed E-state index contributed by atoms with van der Waals surface area (Å²) < 4.78 is 3.94. The zero-order valence-corrected chi connectivity index (χ0v) is 15.3. The fraction of sp³-hybridized carbons (Fsp3) is 0.632. The molecule has 1 N–H and O–H groups in total. The number of nitrogens with one attached hydrogen (secondary N) is 1. The van der Waals surface area contributed by atoms with Crippen LogP contribution < -0.4 is 5.32 Å². The minimum absolute atomic E-state index is 0.183. The van der Waals surface area contributed by atoms with Crippen LogP contribution in [0, 0.1) is 5.92 Å². The van der Waals surface area contributed by atoms with Crippen molar-refractivity contribution in [2.75, 3.05) is 26.2 Å². The van der Waals surface area contributed by atoms with Gasteiger partial charge in [0, 0.05) is 50.7 Å². The normalized spacial score (nSPS) is 21.8. The van der Waals surface area contributed by atoms with Crippen LogP contribution in [0.25, 0.3) is 0 Å². The first kappa shape index (κ1) is 17.3. The molecular weight excluding hydrogens is 328 g/mol. The van der Waals surface area contributed by atoms with Crippen LogP contribution in [0.1, 0.15) is 37.3 Å². The third-order valence-corrected chi connectivity index (χ3v) is 5.67. The lowest BCUT2D eigenvalue weighted by molar-refractivity contribution is -0.133. The zero-order valence-electron chi connectivity index (χ0n) is 15.3. The van der Waals surface area contributed by atoms with Crippen molar-refractivity contribution in [2.24, 2.45) is 5.92 Å². The van der Waals surface area contributed by atoms with E-state index in [4.69, 9.17) is 0 Å². The van der Waals surface area contributed by atoms with E-state index in [1.165, 1.54) is 12.8 Å². The molecule has 1 amide bonds. The van der Waals surface area contributed by atoms with Crippen LogP contribution >= 0.6 is 0 Å². The summed E-state index contributed by atoms with van der Waals surface area (Å²) >= 11 is 0. The molecule has 2 aliphatic heterocycles. The Morgan fingerprint density at radius 2 is 2.12 bits per heavy atom. The van der Waals surface area contributed by atoms with Gasteiger partial charge in [0.2, 0.25) is 5.91 Å². The lowest BCUT2D eigenvalue weighted by Crippen LogP contribution is -2.41. The highest BCUT2D eigenvalue weighted by Crippen LogP contribution is 2.22. The van der Waals surface area contributed by atoms with Gasteiger partial charge >= 0.3 is 0 Å². The fourth-order valence-electron chi connectivity index (χ4n) is 4.08. The van der Waals surface area contributed by atoms with Crippen molar-refractivity contribution in [3.63, 3.8) is 0 Å². The van der Waals surface area contributed by atoms with Crippen LogP contribution in [-0.2, 0) is 17.9 Å². The van der Waals surface area contributed by atoms with E-state index in [9.17, 15) is 4.79 Å². The summed E-state index contributed by atoms with van der Waals surface area (Å²) in [6.45, 7) is 5.14. The number of likely N-dealkylation sites (tertiary alicyclic amines) is 1. The van der Waals surface area contributed by atoms with E-state index in [-0.39, 0.29) is 5.91 Å². The molecule has 4 rings (SSSR count). The lowest BCUT2D eigenvalue weighted by atomic mass is 9.96. The van der Waals surface area contributed by atoms with Crippen molar-refractivity contribution in [1.82, 2.24) is 29.5 Å². The number of nitrogens with zero attached hydrogens (tertiary/aromatic N) is 5. The van der Waals surface area contributed by atoms with E-state index in [1.807, 2.05) is 34.5 Å². The number of carbonyl (C=O) groups excluding carboxylic acids is 1. The SMILES string of the molecule is O=C(Cn1ccc(C2CCCNC2)n1)N1CCC(Cn2ccnc2)CC1. The number of piperidine rings is 2. The molecule has 2 aromatic heterocycles. The summed E-state index contributed by atoms with van der Waals surface area (Å²) in [7, 11) is 0. The second kappa shape index (κ2) is 8.03. The van der Waals surface area contributed by atoms with E-state index in [0.717, 1.165) is 51.3 Å². The Morgan fingerprint density at radius 1 is 1.23 bits per heavy atom. The predicted molar refractivity (Wildman–Crippen MR) is 98.6 cm³/mol. The Hall–Kier alpha value is -2.15. The highest BCUT2D eigenvalue weighted by molar-refractivity contribution is 5.76. The van der Waals surface area contributed by atoms with Gasteiger partial charge in [0.05, 0.1) is 12.0 Å². The summed E-state index contributed by atoms with van der Waals surface area (Å²) in [5.41, 5.74) is 1.11. The van der Waals surface area contributed by atoms with Crippen LogP contribution in [0.3, 0.4) is 0 Å². The topological polar surface area (TPSA) is 68.0 Å². The first-order chi connectivity index (χ1) is 12.8. The third kappa shape index (κ3) is 4.15. The zero-order chi connectivity index (χ0) is 17.8. The van der Waals surface area contributed by atoms with E-state index >= 15 is 0 Å². The Morgan fingerprint density at radius 3 is 2.85 bits per heavy atom. The standard InChI is InChI=1S/C19H28N6O/c26-19(14-25-10-5-18(22-25)17-2-1-6-20-12-17)24-8-3-16(4-9-24)13-23-11-7-21-15-23/h5,7,10-11,15-17,20H,1-4,6,8-9,12-14H2. The molecule has 0 spiro atoms. The average molecular weight is 356 g/mol. The maximum atomic E-state index is 12.6. The highest BCUT2D eigenvalue weighted by atomic mass is 16.2. The van der Waals surface area contributed by atoms with Gasteiger partial charge in [-0.05, 0) is 44.2 Å². The van der Waals surface area contributed by atoms with Crippen molar-refractivity contribution < 1.29 is 4.79 Å². The molecule has 0 bridgehead atoms. The lowest BCUT2D eigenvalue weighted by Gasteiger charge is -2.32. The molecule has 2 aliphatic rings. The van der Waals surface area contributed by atoms with Gasteiger partial charge in [-0.25, -0.2) is 4.98 Å². The molecule has 4 heterocycles. The highest BCUT2D eigenvalue weighted by Gasteiger charge is 2.24. The van der Waals surface area contributed by atoms with E-state index < -0.39 is 0 Å². The number of imidazole rings is 1. The van der Waals surface area contributed by atoms with Gasteiger partial charge in [-0.1, -0.05) is 0 Å². The molecule has 0 saturated carbocycles. The summed E-state index contributed by atoms with van der Waals surface area (Å²) in [4.78, 5) is 18.7. The molecular formula is C19H28N6O. The summed E-state index contributed by atoms with van der Waals surface area (Å²) in [5.74, 6) is 1.30. The van der Waals surface area contributed by atoms with Crippen molar-refractivity contribution in [1.29, 1.82) is 0 Å². The molecule has 2 aromatic rings. The van der Waals surface area contributed by atoms with Gasteiger partial charge in [-0.3, -0.25) is 9.48 Å². The molecule has 26 heavy (non-hydrogen) atoms. The number of hydrogen-bond donors (Lipinski definition) is 1. The van der Waals surface area contributed by atoms with Crippen LogP contribution in [0.4, 0.5) is 0 Å². The molecule has 7 heteroatoms. The molecule has 0 aliphatic carbocycles. The number of amides is 1. The molecule has 1 atom stereocenters. The second-order valence-corrected chi connectivity index (χ2v) is 7.57. The predicted octanol–water partition coefficient (Wildman–Crippen LogP) is 1.49. The summed E-state index contributed by atoms with van der Waals surface area (Å²) in [6.07, 6.45) is 12.1. The van der Waals surface area contributed by atoms with Crippen molar-refractivity contribution in [3.8, 4) is 0 Å². The number of carbonyl (C=O) groups is 1. The Bertz CT molecular complexity index is 695. The molecule has 2 saturated heterocycles. The molecule has 0 aromatic carbocycles. The average Bonchev–Trinajstić information content (AvgIpc) is 3.35. The van der Waals surface area contributed by atoms with E-state index in [0.29, 0.717) is 18.4 Å². The van der Waals surface area contributed by atoms with E-state index in [1.54, 1.807) is 0 Å². The van der Waals surface area contributed by atoms with Gasteiger partial charge in [0.25, 0.3) is 0 Å². The van der Waals surface area contributed by atoms with Gasteiger partial charge < -0.3 is 14.8 Å². The molecule has 2 fully saturated rings. The van der Waals surface area contributed by atoms with E-state index in [2.05, 4.69) is 26.0 Å². The maximum absolute atomic E-state index is 12.6. The number of aromatic nitrogens is 4. The smallest absolute Gasteiger partial charge is 0.244 e. The minimum Gasteiger partial charge on any atom is -0.341 e. The number of hydrogen-bond acceptors (Lipinski definition) is 4. The first-order valence-electron chi connectivity index (χ1n) is 9.75. The second-order valence-electron chi connectivity index (χ2n) is 7.57. The van der Waals surface area contributed by atoms with Crippen LogP contribution in [0.5, 0.6) is 0 Å². The first-order valence-corrected chi connectivity index (χ1v) is 9.75. The minimum atomic E-state index is 0.183. The Labute approximate surface area is 154 Å². The van der Waals surface area contributed by atoms with Crippen molar-refractivity contribution in [3.05, 3.63) is 36.7 Å². The van der Waals surface area contributed by atoms with Gasteiger partial charge in [-0.2, -0.15) is 5.10 Å². The Kier molecular flexibility index (Phi) is 5.34. The summed E-state index contributed by atoms with van der Waals surface area (Å²) in [6, 6.07) is 2.07. The van der Waals surface area contributed by atoms with Gasteiger partial charge in [-0.15, -0.1) is 0 Å². The van der Waals surface area contributed by atoms with Gasteiger partial charge in [0.1, 0.15) is 6.54 Å². The van der Waals surface area contributed by atoms with Crippen LogP contribution in [0.15, 0.2) is 31.0 Å². The maximum Gasteiger partial charge on any atom is 0.244 e. The fourth-order valence-corrected chi connectivity index (χ4v) is 4.08. The number of rotatable bonds is 5. The quantitative estimate of drug-likeness (QED) is 0.881. The van der Waals surface area contributed by atoms with Crippen LogP contribution in [0.2, 0.25) is 0 Å². The molecule has 1 unspecified atom stereocenters.